The Labute approximate surface area is 191 Å². The third-order valence-corrected chi connectivity index (χ3v) is 7.99. The molecule has 1 heterocycles. The molecule has 2 aliphatic carbocycles. The van der Waals surface area contributed by atoms with Crippen LogP contribution in [0.5, 0.6) is 0 Å². The summed E-state index contributed by atoms with van der Waals surface area (Å²) in [7, 11) is 1.59. The molecule has 2 saturated carbocycles. The molecule has 0 bridgehead atoms. The highest BCUT2D eigenvalue weighted by molar-refractivity contribution is 5.78. The molecule has 0 spiro atoms. The Morgan fingerprint density at radius 3 is 2.75 bits per heavy atom. The Kier molecular flexibility index (Phi) is 8.28. The molecule has 0 aliphatic heterocycles. The molecule has 1 aromatic heterocycles. The quantitative estimate of drug-likeness (QED) is 0.571. The molecule has 0 saturated heterocycles. The summed E-state index contributed by atoms with van der Waals surface area (Å²) in [5, 5.41) is 17.6. The average Bonchev–Trinajstić information content (AvgIpc) is 2.78. The van der Waals surface area contributed by atoms with Crippen LogP contribution >= 0.6 is 0 Å². The second kappa shape index (κ2) is 10.8. The zero-order valence-electron chi connectivity index (χ0n) is 19.8. The zero-order chi connectivity index (χ0) is 23.3. The van der Waals surface area contributed by atoms with E-state index in [0.29, 0.717) is 19.6 Å². The van der Waals surface area contributed by atoms with Gasteiger partial charge in [-0.2, -0.15) is 0 Å². The minimum Gasteiger partial charge on any atom is -0.392 e. The molecule has 7 nitrogen and oxygen atoms in total. The number of aromatic nitrogens is 1. The van der Waals surface area contributed by atoms with Gasteiger partial charge in [0.05, 0.1) is 24.9 Å². The number of amides is 2. The molecule has 7 heteroatoms. The van der Waals surface area contributed by atoms with Gasteiger partial charge in [0.1, 0.15) is 0 Å². The molecule has 178 valence electrons. The highest BCUT2D eigenvalue weighted by Gasteiger charge is 2.53. The molecule has 3 N–H and O–H groups in total. The Morgan fingerprint density at radius 1 is 1.31 bits per heavy atom. The summed E-state index contributed by atoms with van der Waals surface area (Å²) in [5.74, 6) is -0.243. The minimum absolute atomic E-state index is 0.00332. The summed E-state index contributed by atoms with van der Waals surface area (Å²) in [6.07, 6.45) is 5.21. The largest absolute Gasteiger partial charge is 0.392 e. The molecule has 1 aromatic rings. The number of methoxy groups -OCH3 is 1. The van der Waals surface area contributed by atoms with E-state index < -0.39 is 6.10 Å². The van der Waals surface area contributed by atoms with Crippen molar-refractivity contribution in [2.45, 2.75) is 71.6 Å². The Morgan fingerprint density at radius 2 is 2.06 bits per heavy atom. The van der Waals surface area contributed by atoms with Crippen LogP contribution in [0.3, 0.4) is 0 Å². The second-order valence-corrected chi connectivity index (χ2v) is 10.0. The highest BCUT2D eigenvalue weighted by atomic mass is 16.5. The van der Waals surface area contributed by atoms with E-state index in [1.54, 1.807) is 13.3 Å². The first-order valence-electron chi connectivity index (χ1n) is 11.9. The van der Waals surface area contributed by atoms with Gasteiger partial charge >= 0.3 is 0 Å². The zero-order valence-corrected chi connectivity index (χ0v) is 19.8. The average molecular weight is 446 g/mol. The Balaban J connectivity index is 1.64. The maximum absolute atomic E-state index is 12.9. The van der Waals surface area contributed by atoms with Gasteiger partial charge in [-0.25, -0.2) is 0 Å². The van der Waals surface area contributed by atoms with Crippen LogP contribution in [-0.4, -0.2) is 47.8 Å². The van der Waals surface area contributed by atoms with Crippen molar-refractivity contribution in [1.82, 2.24) is 15.6 Å². The summed E-state index contributed by atoms with van der Waals surface area (Å²) < 4.78 is 5.02. The molecule has 32 heavy (non-hydrogen) atoms. The minimum atomic E-state index is -0.571. The van der Waals surface area contributed by atoms with Crippen molar-refractivity contribution in [3.8, 4) is 0 Å². The van der Waals surface area contributed by atoms with E-state index in [9.17, 15) is 14.7 Å². The number of aliphatic hydroxyl groups is 1. The van der Waals surface area contributed by atoms with E-state index in [0.717, 1.165) is 31.4 Å². The van der Waals surface area contributed by atoms with Gasteiger partial charge in [0, 0.05) is 31.7 Å². The number of carbonyl (C=O) groups is 2. The number of nitrogens with one attached hydrogen (secondary N) is 2. The van der Waals surface area contributed by atoms with Gasteiger partial charge in [-0.15, -0.1) is 0 Å². The number of hydrogen-bond donors (Lipinski definition) is 3. The predicted molar refractivity (Wildman–Crippen MR) is 122 cm³/mol. The fourth-order valence-electron chi connectivity index (χ4n) is 6.01. The number of fused-ring (bicyclic) bond motifs is 1. The fourth-order valence-corrected chi connectivity index (χ4v) is 6.01. The molecular weight excluding hydrogens is 406 g/mol. The molecule has 2 aliphatic rings. The molecule has 2 amide bonds. The number of pyridine rings is 1. The standard InChI is InChI=1S/C25H39N3O4/c1-16(24(31)27-15-18-7-5-6-13-26-18)19-8-11-25(3)12-9-20(17(2)22(25)23(19)30)28-21(29)10-14-32-4/h5-7,13,16-17,19-20,22-23,30H,8-12,14-15H2,1-4H3,(H,27,31)(H,28,29). The van der Waals surface area contributed by atoms with Crippen molar-refractivity contribution in [2.75, 3.05) is 13.7 Å². The lowest BCUT2D eigenvalue weighted by molar-refractivity contribution is -0.144. The van der Waals surface area contributed by atoms with Gasteiger partial charge < -0.3 is 20.5 Å². The summed E-state index contributed by atoms with van der Waals surface area (Å²) >= 11 is 0. The Bertz CT molecular complexity index is 774. The van der Waals surface area contributed by atoms with Gasteiger partial charge in [-0.1, -0.05) is 26.8 Å². The van der Waals surface area contributed by atoms with E-state index in [4.69, 9.17) is 4.74 Å². The van der Waals surface area contributed by atoms with Gasteiger partial charge in [-0.05, 0) is 61.0 Å². The summed E-state index contributed by atoms with van der Waals surface area (Å²) in [5.41, 5.74) is 0.852. The van der Waals surface area contributed by atoms with Crippen molar-refractivity contribution in [3.05, 3.63) is 30.1 Å². The molecular formula is C25H39N3O4. The number of carbonyl (C=O) groups excluding carboxylic acids is 2. The van der Waals surface area contributed by atoms with Gasteiger partial charge in [0.25, 0.3) is 0 Å². The lowest BCUT2D eigenvalue weighted by Crippen LogP contribution is -2.58. The number of ether oxygens (including phenoxy) is 1. The van der Waals surface area contributed by atoms with Crippen molar-refractivity contribution in [2.24, 2.45) is 29.1 Å². The van der Waals surface area contributed by atoms with Crippen LogP contribution in [0, 0.1) is 29.1 Å². The number of nitrogens with zero attached hydrogens (tertiary/aromatic N) is 1. The Hall–Kier alpha value is -1.99. The second-order valence-electron chi connectivity index (χ2n) is 10.0. The number of aliphatic hydroxyl groups excluding tert-OH is 1. The summed E-state index contributed by atoms with van der Waals surface area (Å²) in [6, 6.07) is 5.68. The molecule has 3 rings (SSSR count). The van der Waals surface area contributed by atoms with Crippen molar-refractivity contribution in [3.63, 3.8) is 0 Å². The summed E-state index contributed by atoms with van der Waals surface area (Å²) in [4.78, 5) is 29.4. The lowest BCUT2D eigenvalue weighted by atomic mass is 9.51. The first-order chi connectivity index (χ1) is 15.3. The van der Waals surface area contributed by atoms with Gasteiger partial charge in [0.15, 0.2) is 0 Å². The molecule has 7 unspecified atom stereocenters. The third kappa shape index (κ3) is 5.49. The van der Waals surface area contributed by atoms with Crippen LogP contribution in [0.4, 0.5) is 0 Å². The van der Waals surface area contributed by atoms with Crippen molar-refractivity contribution in [1.29, 1.82) is 0 Å². The molecule has 0 aromatic carbocycles. The lowest BCUT2D eigenvalue weighted by Gasteiger charge is -2.56. The SMILES string of the molecule is COCCC(=O)NC1CCC2(C)CCC(C(C)C(=O)NCc3ccccn3)C(O)C2C1C. The maximum atomic E-state index is 12.9. The van der Waals surface area contributed by atoms with Gasteiger partial charge in [0.2, 0.25) is 11.8 Å². The van der Waals surface area contributed by atoms with Crippen LogP contribution in [-0.2, 0) is 20.9 Å². The molecule has 7 atom stereocenters. The third-order valence-electron chi connectivity index (χ3n) is 7.99. The smallest absolute Gasteiger partial charge is 0.223 e. The van der Waals surface area contributed by atoms with E-state index in [1.807, 2.05) is 25.1 Å². The van der Waals surface area contributed by atoms with Crippen molar-refractivity contribution >= 4 is 11.8 Å². The maximum Gasteiger partial charge on any atom is 0.223 e. The molecule has 2 fully saturated rings. The first kappa shape index (κ1) is 24.6. The monoisotopic (exact) mass is 445 g/mol. The topological polar surface area (TPSA) is 101 Å². The fraction of sp³-hybridized carbons (Fsp3) is 0.720. The van der Waals surface area contributed by atoms with E-state index in [2.05, 4.69) is 29.5 Å². The van der Waals surface area contributed by atoms with Crippen LogP contribution in [0.25, 0.3) is 0 Å². The summed E-state index contributed by atoms with van der Waals surface area (Å²) in [6.45, 7) is 7.12. The molecule has 0 radical (unpaired) electrons. The normalized spacial score (nSPS) is 33.1. The van der Waals surface area contributed by atoms with Crippen molar-refractivity contribution < 1.29 is 19.4 Å². The van der Waals surface area contributed by atoms with E-state index >= 15 is 0 Å². The first-order valence-corrected chi connectivity index (χ1v) is 11.9. The van der Waals surface area contributed by atoms with Crippen LogP contribution in [0.1, 0.15) is 58.6 Å². The number of rotatable bonds is 8. The van der Waals surface area contributed by atoms with E-state index in [-0.39, 0.29) is 46.9 Å². The van der Waals surface area contributed by atoms with Crippen LogP contribution in [0.2, 0.25) is 0 Å². The number of hydrogen-bond acceptors (Lipinski definition) is 5. The van der Waals surface area contributed by atoms with Gasteiger partial charge in [-0.3, -0.25) is 14.6 Å². The van der Waals surface area contributed by atoms with E-state index in [1.165, 1.54) is 0 Å². The predicted octanol–water partition coefficient (Wildman–Crippen LogP) is 2.68. The highest BCUT2D eigenvalue weighted by Crippen LogP contribution is 2.55. The van der Waals surface area contributed by atoms with Crippen LogP contribution in [0.15, 0.2) is 24.4 Å². The van der Waals surface area contributed by atoms with Crippen LogP contribution < -0.4 is 10.6 Å².